The van der Waals surface area contributed by atoms with Crippen molar-refractivity contribution in [2.75, 3.05) is 6.61 Å². The SMILES string of the molecule is CC(CO)Sc1ccc(F)cc1C=O. The van der Waals surface area contributed by atoms with Crippen LogP contribution < -0.4 is 0 Å². The van der Waals surface area contributed by atoms with Gasteiger partial charge in [0, 0.05) is 15.7 Å². The molecule has 4 heteroatoms. The Morgan fingerprint density at radius 2 is 2.36 bits per heavy atom. The summed E-state index contributed by atoms with van der Waals surface area (Å²) in [5.74, 6) is -0.423. The van der Waals surface area contributed by atoms with Crippen LogP contribution in [-0.2, 0) is 0 Å². The summed E-state index contributed by atoms with van der Waals surface area (Å²) in [6.45, 7) is 1.86. The maximum atomic E-state index is 12.7. The van der Waals surface area contributed by atoms with E-state index in [9.17, 15) is 9.18 Å². The summed E-state index contributed by atoms with van der Waals surface area (Å²) in [5, 5.41) is 8.83. The average molecular weight is 214 g/mol. The smallest absolute Gasteiger partial charge is 0.151 e. The van der Waals surface area contributed by atoms with E-state index in [1.54, 1.807) is 6.07 Å². The molecule has 0 spiro atoms. The Bertz CT molecular complexity index is 328. The highest BCUT2D eigenvalue weighted by molar-refractivity contribution is 8.00. The fourth-order valence-electron chi connectivity index (χ4n) is 0.973. The summed E-state index contributed by atoms with van der Waals surface area (Å²) >= 11 is 1.36. The van der Waals surface area contributed by atoms with Gasteiger partial charge in [0.05, 0.1) is 6.61 Å². The molecular formula is C10H11FO2S. The van der Waals surface area contributed by atoms with Gasteiger partial charge in [-0.2, -0.15) is 0 Å². The average Bonchev–Trinajstić information content (AvgIpc) is 2.20. The normalized spacial score (nSPS) is 12.5. The maximum absolute atomic E-state index is 12.7. The predicted octanol–water partition coefficient (Wildman–Crippen LogP) is 2.11. The topological polar surface area (TPSA) is 37.3 Å². The van der Waals surface area contributed by atoms with Gasteiger partial charge in [-0.25, -0.2) is 4.39 Å². The Hall–Kier alpha value is -0.870. The van der Waals surface area contributed by atoms with Crippen LogP contribution >= 0.6 is 11.8 Å². The minimum atomic E-state index is -0.423. The van der Waals surface area contributed by atoms with Crippen molar-refractivity contribution in [3.05, 3.63) is 29.6 Å². The standard InChI is InChI=1S/C10H11FO2S/c1-7(5-12)14-10-3-2-9(11)4-8(10)6-13/h2-4,6-7,12H,5H2,1H3. The molecule has 1 N–H and O–H groups in total. The molecule has 76 valence electrons. The Labute approximate surface area is 86.1 Å². The predicted molar refractivity (Wildman–Crippen MR) is 54.2 cm³/mol. The van der Waals surface area contributed by atoms with E-state index in [1.807, 2.05) is 6.92 Å². The van der Waals surface area contributed by atoms with E-state index >= 15 is 0 Å². The number of thioether (sulfide) groups is 1. The van der Waals surface area contributed by atoms with Crippen LogP contribution in [0.2, 0.25) is 0 Å². The number of rotatable bonds is 4. The van der Waals surface area contributed by atoms with Gasteiger partial charge in [0.15, 0.2) is 6.29 Å². The van der Waals surface area contributed by atoms with E-state index in [4.69, 9.17) is 5.11 Å². The zero-order valence-electron chi connectivity index (χ0n) is 7.74. The molecule has 1 rings (SSSR count). The third-order valence-electron chi connectivity index (χ3n) is 1.68. The zero-order valence-corrected chi connectivity index (χ0v) is 8.55. The highest BCUT2D eigenvalue weighted by Gasteiger charge is 2.08. The molecule has 0 aliphatic rings. The van der Waals surface area contributed by atoms with Gasteiger partial charge >= 0.3 is 0 Å². The number of aliphatic hydroxyl groups excluding tert-OH is 1. The lowest BCUT2D eigenvalue weighted by Gasteiger charge is -2.09. The van der Waals surface area contributed by atoms with Crippen molar-refractivity contribution in [2.24, 2.45) is 0 Å². The van der Waals surface area contributed by atoms with Crippen LogP contribution in [0, 0.1) is 5.82 Å². The molecule has 0 saturated carbocycles. The molecule has 1 atom stereocenters. The molecule has 1 unspecified atom stereocenters. The number of aldehydes is 1. The molecule has 14 heavy (non-hydrogen) atoms. The monoisotopic (exact) mass is 214 g/mol. The van der Waals surface area contributed by atoms with Crippen molar-refractivity contribution >= 4 is 18.0 Å². The molecular weight excluding hydrogens is 203 g/mol. The van der Waals surface area contributed by atoms with Crippen LogP contribution in [0.4, 0.5) is 4.39 Å². The Balaban J connectivity index is 2.90. The van der Waals surface area contributed by atoms with E-state index in [0.29, 0.717) is 16.7 Å². The maximum Gasteiger partial charge on any atom is 0.151 e. The van der Waals surface area contributed by atoms with E-state index in [0.717, 1.165) is 0 Å². The summed E-state index contributed by atoms with van der Waals surface area (Å²) in [6, 6.07) is 4.05. The first kappa shape index (κ1) is 11.2. The minimum absolute atomic E-state index is 0.000777. The molecule has 0 bridgehead atoms. The number of hydrogen-bond donors (Lipinski definition) is 1. The first-order valence-electron chi connectivity index (χ1n) is 4.19. The molecule has 0 amide bonds. The van der Waals surface area contributed by atoms with Gasteiger partial charge < -0.3 is 5.11 Å². The second kappa shape index (κ2) is 5.12. The summed E-state index contributed by atoms with van der Waals surface area (Å²) in [6.07, 6.45) is 0.621. The van der Waals surface area contributed by atoms with Crippen molar-refractivity contribution in [3.63, 3.8) is 0 Å². The van der Waals surface area contributed by atoms with Gasteiger partial charge in [-0.05, 0) is 18.2 Å². The van der Waals surface area contributed by atoms with Crippen molar-refractivity contribution in [1.29, 1.82) is 0 Å². The lowest BCUT2D eigenvalue weighted by Crippen LogP contribution is -2.02. The second-order valence-corrected chi connectivity index (χ2v) is 4.39. The summed E-state index contributed by atoms with van der Waals surface area (Å²) in [7, 11) is 0. The van der Waals surface area contributed by atoms with Crippen LogP contribution in [0.1, 0.15) is 17.3 Å². The van der Waals surface area contributed by atoms with Crippen molar-refractivity contribution < 1.29 is 14.3 Å². The fourth-order valence-corrected chi connectivity index (χ4v) is 1.87. The van der Waals surface area contributed by atoms with E-state index in [2.05, 4.69) is 0 Å². The Morgan fingerprint density at radius 3 is 2.93 bits per heavy atom. The molecule has 0 heterocycles. The van der Waals surface area contributed by atoms with Crippen LogP contribution in [0.15, 0.2) is 23.1 Å². The van der Waals surface area contributed by atoms with E-state index < -0.39 is 5.82 Å². The second-order valence-electron chi connectivity index (χ2n) is 2.91. The van der Waals surface area contributed by atoms with Gasteiger partial charge in [0.2, 0.25) is 0 Å². The number of halogens is 1. The number of carbonyl (C=O) groups is 1. The molecule has 0 radical (unpaired) electrons. The van der Waals surface area contributed by atoms with Crippen molar-refractivity contribution in [2.45, 2.75) is 17.1 Å². The van der Waals surface area contributed by atoms with Crippen LogP contribution in [-0.4, -0.2) is 23.2 Å². The third kappa shape index (κ3) is 2.82. The van der Waals surface area contributed by atoms with Gasteiger partial charge in [0.25, 0.3) is 0 Å². The molecule has 0 aromatic heterocycles. The highest BCUT2D eigenvalue weighted by atomic mass is 32.2. The quantitative estimate of drug-likeness (QED) is 0.616. The number of benzene rings is 1. The minimum Gasteiger partial charge on any atom is -0.395 e. The highest BCUT2D eigenvalue weighted by Crippen LogP contribution is 2.26. The van der Waals surface area contributed by atoms with Gasteiger partial charge in [-0.3, -0.25) is 4.79 Å². The largest absolute Gasteiger partial charge is 0.395 e. The molecule has 2 nitrogen and oxygen atoms in total. The number of aliphatic hydroxyl groups is 1. The molecule has 0 aliphatic carbocycles. The van der Waals surface area contributed by atoms with Crippen molar-refractivity contribution in [1.82, 2.24) is 0 Å². The lowest BCUT2D eigenvalue weighted by molar-refractivity contribution is 0.112. The summed E-state index contributed by atoms with van der Waals surface area (Å²) in [4.78, 5) is 11.3. The van der Waals surface area contributed by atoms with Crippen molar-refractivity contribution in [3.8, 4) is 0 Å². The third-order valence-corrected chi connectivity index (χ3v) is 2.86. The summed E-state index contributed by atoms with van der Waals surface area (Å²) in [5.41, 5.74) is 0.329. The summed E-state index contributed by atoms with van der Waals surface area (Å²) < 4.78 is 12.7. The van der Waals surface area contributed by atoms with Gasteiger partial charge in [-0.1, -0.05) is 6.92 Å². The molecule has 1 aromatic rings. The van der Waals surface area contributed by atoms with E-state index in [-0.39, 0.29) is 11.9 Å². The van der Waals surface area contributed by atoms with Gasteiger partial charge in [-0.15, -0.1) is 11.8 Å². The number of carbonyl (C=O) groups excluding carboxylic acids is 1. The first-order chi connectivity index (χ1) is 6.67. The Kier molecular flexibility index (Phi) is 4.10. The molecule has 0 aliphatic heterocycles. The zero-order chi connectivity index (χ0) is 10.6. The van der Waals surface area contributed by atoms with Crippen LogP contribution in [0.25, 0.3) is 0 Å². The molecule has 1 aromatic carbocycles. The Morgan fingerprint density at radius 1 is 1.64 bits per heavy atom. The molecule has 0 saturated heterocycles. The van der Waals surface area contributed by atoms with Gasteiger partial charge in [0.1, 0.15) is 5.82 Å². The first-order valence-corrected chi connectivity index (χ1v) is 5.07. The lowest BCUT2D eigenvalue weighted by atomic mass is 10.2. The number of hydrogen-bond acceptors (Lipinski definition) is 3. The van der Waals surface area contributed by atoms with Crippen LogP contribution in [0.3, 0.4) is 0 Å². The van der Waals surface area contributed by atoms with E-state index in [1.165, 1.54) is 23.9 Å². The molecule has 0 fully saturated rings. The van der Waals surface area contributed by atoms with Crippen LogP contribution in [0.5, 0.6) is 0 Å². The fraction of sp³-hybridized carbons (Fsp3) is 0.300.